The summed E-state index contributed by atoms with van der Waals surface area (Å²) in [5, 5.41) is 23.3. The van der Waals surface area contributed by atoms with Crippen LogP contribution in [-0.4, -0.2) is 83.3 Å². The second kappa shape index (κ2) is 6.52. The third kappa shape index (κ3) is 3.40. The van der Waals surface area contributed by atoms with Crippen LogP contribution in [0.3, 0.4) is 0 Å². The molecule has 0 aliphatic carbocycles. The maximum absolute atomic E-state index is 12.5. The highest BCUT2D eigenvalue weighted by Gasteiger charge is 2.32. The largest absolute Gasteiger partial charge is 0.478 e. The normalized spacial score (nSPS) is 18.5. The zero-order chi connectivity index (χ0) is 15.5. The van der Waals surface area contributed by atoms with Crippen molar-refractivity contribution in [2.24, 2.45) is 0 Å². The molecule has 2 rings (SSSR count). The fourth-order valence-corrected chi connectivity index (χ4v) is 3.84. The van der Waals surface area contributed by atoms with Gasteiger partial charge in [0.1, 0.15) is 5.56 Å². The first kappa shape index (κ1) is 15.9. The van der Waals surface area contributed by atoms with E-state index in [0.29, 0.717) is 32.6 Å². The molecule has 9 nitrogen and oxygen atoms in total. The molecular weight excluding hydrogens is 300 g/mol. The van der Waals surface area contributed by atoms with Crippen molar-refractivity contribution in [3.63, 3.8) is 0 Å². The molecule has 21 heavy (non-hydrogen) atoms. The molecule has 118 valence electrons. The molecular formula is C11H18N4O5S. The monoisotopic (exact) mass is 318 g/mol. The Labute approximate surface area is 122 Å². The Bertz CT molecular complexity index is 600. The van der Waals surface area contributed by atoms with E-state index in [1.807, 2.05) is 4.90 Å². The van der Waals surface area contributed by atoms with E-state index in [4.69, 9.17) is 10.2 Å². The number of carbonyl (C=O) groups is 1. The maximum atomic E-state index is 12.5. The Balaban J connectivity index is 2.20. The molecule has 1 fully saturated rings. The lowest BCUT2D eigenvalue weighted by molar-refractivity contribution is 0.0692. The van der Waals surface area contributed by atoms with Crippen molar-refractivity contribution in [1.29, 1.82) is 0 Å². The molecule has 1 saturated heterocycles. The highest BCUT2D eigenvalue weighted by atomic mass is 32.2. The second-order valence-electron chi connectivity index (χ2n) is 4.74. The molecule has 3 N–H and O–H groups in total. The molecule has 0 spiro atoms. The van der Waals surface area contributed by atoms with Crippen LogP contribution in [0.25, 0.3) is 0 Å². The first-order valence-electron chi connectivity index (χ1n) is 6.57. The number of aromatic amines is 1. The van der Waals surface area contributed by atoms with Gasteiger partial charge in [0.15, 0.2) is 5.03 Å². The van der Waals surface area contributed by atoms with Crippen LogP contribution in [0.4, 0.5) is 0 Å². The summed E-state index contributed by atoms with van der Waals surface area (Å²) in [6, 6.07) is 0. The fourth-order valence-electron chi connectivity index (χ4n) is 2.30. The smallest absolute Gasteiger partial charge is 0.340 e. The highest BCUT2D eigenvalue weighted by molar-refractivity contribution is 7.89. The van der Waals surface area contributed by atoms with Crippen molar-refractivity contribution in [2.45, 2.75) is 11.4 Å². The molecule has 10 heteroatoms. The number of aliphatic hydroxyl groups excluding tert-OH is 1. The zero-order valence-corrected chi connectivity index (χ0v) is 12.2. The van der Waals surface area contributed by atoms with Crippen LogP contribution in [0.15, 0.2) is 11.2 Å². The van der Waals surface area contributed by atoms with E-state index >= 15 is 0 Å². The zero-order valence-electron chi connectivity index (χ0n) is 11.4. The van der Waals surface area contributed by atoms with E-state index in [1.54, 1.807) is 0 Å². The van der Waals surface area contributed by atoms with Gasteiger partial charge in [-0.15, -0.1) is 0 Å². The van der Waals surface area contributed by atoms with Gasteiger partial charge in [-0.25, -0.2) is 13.2 Å². The topological polar surface area (TPSA) is 127 Å². The lowest BCUT2D eigenvalue weighted by atomic mass is 10.4. The molecule has 1 aliphatic heterocycles. The van der Waals surface area contributed by atoms with E-state index < -0.39 is 16.0 Å². The average molecular weight is 318 g/mol. The Hall–Kier alpha value is -1.49. The molecule has 0 radical (unpaired) electrons. The molecule has 2 heterocycles. The predicted molar refractivity (Wildman–Crippen MR) is 72.4 cm³/mol. The molecule has 1 aliphatic rings. The van der Waals surface area contributed by atoms with Crippen molar-refractivity contribution in [3.8, 4) is 0 Å². The minimum atomic E-state index is -3.91. The average Bonchev–Trinajstić information content (AvgIpc) is 2.81. The number of hydrogen-bond donors (Lipinski definition) is 3. The first-order valence-corrected chi connectivity index (χ1v) is 8.01. The van der Waals surface area contributed by atoms with Gasteiger partial charge in [-0.3, -0.25) is 10.00 Å². The Morgan fingerprint density at radius 3 is 2.76 bits per heavy atom. The number of nitrogens with zero attached hydrogens (tertiary/aromatic N) is 3. The summed E-state index contributed by atoms with van der Waals surface area (Å²) in [5.41, 5.74) is -0.355. The van der Waals surface area contributed by atoms with Gasteiger partial charge in [0, 0.05) is 26.2 Å². The molecule has 0 aromatic carbocycles. The van der Waals surface area contributed by atoms with Gasteiger partial charge in [0.2, 0.25) is 0 Å². The first-order chi connectivity index (χ1) is 9.96. The summed E-state index contributed by atoms with van der Waals surface area (Å²) in [6.07, 6.45) is 1.61. The molecule has 0 bridgehead atoms. The van der Waals surface area contributed by atoms with E-state index in [-0.39, 0.29) is 23.7 Å². The minimum absolute atomic E-state index is 0.0243. The molecule has 0 unspecified atom stereocenters. The van der Waals surface area contributed by atoms with Gasteiger partial charge in [0.05, 0.1) is 12.8 Å². The predicted octanol–water partition coefficient (Wildman–Crippen LogP) is -1.20. The van der Waals surface area contributed by atoms with Crippen LogP contribution in [0.2, 0.25) is 0 Å². The van der Waals surface area contributed by atoms with E-state index in [9.17, 15) is 13.2 Å². The summed E-state index contributed by atoms with van der Waals surface area (Å²) in [7, 11) is -3.91. The number of carboxylic acid groups (broad SMARTS) is 1. The van der Waals surface area contributed by atoms with Crippen LogP contribution in [0.5, 0.6) is 0 Å². The number of β-amino-alcohol motifs (C(OH)–C–C–N with tert-alkyl or cyclic N) is 1. The third-order valence-electron chi connectivity index (χ3n) is 3.40. The van der Waals surface area contributed by atoms with Gasteiger partial charge in [-0.2, -0.15) is 9.40 Å². The van der Waals surface area contributed by atoms with E-state index in [2.05, 4.69) is 10.2 Å². The highest BCUT2D eigenvalue weighted by Crippen LogP contribution is 2.19. The van der Waals surface area contributed by atoms with Gasteiger partial charge >= 0.3 is 5.97 Å². The minimum Gasteiger partial charge on any atom is -0.478 e. The van der Waals surface area contributed by atoms with E-state index in [0.717, 1.165) is 6.20 Å². The number of H-pyrrole nitrogens is 1. The molecule has 0 atom stereocenters. The number of sulfonamides is 1. The number of nitrogens with one attached hydrogen (secondary N) is 1. The van der Waals surface area contributed by atoms with Gasteiger partial charge in [-0.1, -0.05) is 0 Å². The summed E-state index contributed by atoms with van der Waals surface area (Å²) >= 11 is 0. The maximum Gasteiger partial charge on any atom is 0.340 e. The fraction of sp³-hybridized carbons (Fsp3) is 0.636. The standard InChI is InChI=1S/C11H18N4O5S/c16-7-6-14-2-1-3-15(5-4-14)21(19,20)10-9(11(17)18)8-12-13-10/h8,16H,1-7H2,(H,12,13)(H,17,18). The summed E-state index contributed by atoms with van der Waals surface area (Å²) in [4.78, 5) is 13.0. The van der Waals surface area contributed by atoms with Crippen LogP contribution < -0.4 is 0 Å². The van der Waals surface area contributed by atoms with Gasteiger partial charge in [0.25, 0.3) is 10.0 Å². The number of aliphatic hydroxyl groups is 1. The summed E-state index contributed by atoms with van der Waals surface area (Å²) in [6.45, 7) is 2.27. The number of carboxylic acids is 1. The Morgan fingerprint density at radius 1 is 1.33 bits per heavy atom. The van der Waals surface area contributed by atoms with E-state index in [1.165, 1.54) is 4.31 Å². The SMILES string of the molecule is O=C(O)c1cn[nH]c1S(=O)(=O)N1CCCN(CCO)CC1. The van der Waals surface area contributed by atoms with Crippen LogP contribution >= 0.6 is 0 Å². The second-order valence-corrected chi connectivity index (χ2v) is 6.62. The molecule has 1 aromatic rings. The molecule has 1 aromatic heterocycles. The third-order valence-corrected chi connectivity index (χ3v) is 5.27. The van der Waals surface area contributed by atoms with Crippen molar-refractivity contribution in [1.82, 2.24) is 19.4 Å². The number of hydrogen-bond acceptors (Lipinski definition) is 6. The van der Waals surface area contributed by atoms with Crippen LogP contribution in [-0.2, 0) is 10.0 Å². The van der Waals surface area contributed by atoms with Gasteiger partial charge < -0.3 is 10.2 Å². The van der Waals surface area contributed by atoms with Crippen molar-refractivity contribution in [3.05, 3.63) is 11.8 Å². The van der Waals surface area contributed by atoms with Crippen molar-refractivity contribution >= 4 is 16.0 Å². The van der Waals surface area contributed by atoms with Crippen molar-refractivity contribution in [2.75, 3.05) is 39.3 Å². The number of rotatable bonds is 5. The van der Waals surface area contributed by atoms with Crippen LogP contribution in [0, 0.1) is 0 Å². The Kier molecular flexibility index (Phi) is 4.93. The number of aromatic nitrogens is 2. The summed E-state index contributed by atoms with van der Waals surface area (Å²) in [5.74, 6) is -1.33. The number of aromatic carboxylic acids is 1. The van der Waals surface area contributed by atoms with Crippen molar-refractivity contribution < 1.29 is 23.4 Å². The lowest BCUT2D eigenvalue weighted by Gasteiger charge is -2.20. The molecule has 0 saturated carbocycles. The lowest BCUT2D eigenvalue weighted by Crippen LogP contribution is -2.36. The quantitative estimate of drug-likeness (QED) is 0.622. The Morgan fingerprint density at radius 2 is 2.10 bits per heavy atom. The van der Waals surface area contributed by atoms with Gasteiger partial charge in [-0.05, 0) is 13.0 Å². The summed E-state index contributed by atoms with van der Waals surface area (Å²) < 4.78 is 26.3. The van der Waals surface area contributed by atoms with Crippen LogP contribution in [0.1, 0.15) is 16.8 Å². The molecule has 0 amide bonds.